The van der Waals surface area contributed by atoms with Crippen LogP contribution in [0.3, 0.4) is 0 Å². The van der Waals surface area contributed by atoms with Gasteiger partial charge in [0.1, 0.15) is 12.4 Å². The van der Waals surface area contributed by atoms with E-state index in [2.05, 4.69) is 33.5 Å². The van der Waals surface area contributed by atoms with E-state index in [-0.39, 0.29) is 0 Å². The maximum atomic E-state index is 8.73. The lowest BCUT2D eigenvalue weighted by Crippen LogP contribution is -2.15. The fourth-order valence-electron chi connectivity index (χ4n) is 1.97. The Morgan fingerprint density at radius 1 is 1.09 bits per heavy atom. The second-order valence-corrected chi connectivity index (χ2v) is 4.65. The molecule has 0 radical (unpaired) electrons. The number of nitrogens with one attached hydrogen (secondary N) is 1. The number of nitrogens with zero attached hydrogens (tertiary/aromatic N) is 4. The van der Waals surface area contributed by atoms with Crippen LogP contribution in [0.2, 0.25) is 0 Å². The van der Waals surface area contributed by atoms with Crippen molar-refractivity contribution >= 4 is 5.95 Å². The van der Waals surface area contributed by atoms with E-state index in [0.29, 0.717) is 24.7 Å². The number of hydrogen-bond acceptors (Lipinski definition) is 6. The molecule has 0 unspecified atom stereocenters. The summed E-state index contributed by atoms with van der Waals surface area (Å²) in [5.41, 5.74) is 2.54. The molecule has 6 heteroatoms. The number of hydrogen-bond donors (Lipinski definition) is 1. The number of ether oxygens (including phenoxy) is 1. The fourth-order valence-corrected chi connectivity index (χ4v) is 1.97. The Morgan fingerprint density at radius 2 is 1.82 bits per heavy atom. The molecular weight excluding hydrogens is 278 g/mol. The molecule has 6 nitrogen and oxygen atoms in total. The minimum absolute atomic E-state index is 0.478. The van der Waals surface area contributed by atoms with Crippen molar-refractivity contribution < 1.29 is 4.74 Å². The zero-order chi connectivity index (χ0) is 15.8. The van der Waals surface area contributed by atoms with Crippen molar-refractivity contribution in [3.8, 4) is 11.8 Å². The highest BCUT2D eigenvalue weighted by Gasteiger charge is 2.05. The van der Waals surface area contributed by atoms with Gasteiger partial charge in [-0.1, -0.05) is 13.8 Å². The highest BCUT2D eigenvalue weighted by atomic mass is 16.5. The van der Waals surface area contributed by atoms with Crippen molar-refractivity contribution in [3.05, 3.63) is 41.2 Å². The smallest absolute Gasteiger partial charge is 0.243 e. The first-order valence-electron chi connectivity index (χ1n) is 7.36. The van der Waals surface area contributed by atoms with Gasteiger partial charge in [-0.2, -0.15) is 10.4 Å². The molecule has 2 rings (SSSR count). The average molecular weight is 297 g/mol. The third-order valence-corrected chi connectivity index (χ3v) is 3.15. The van der Waals surface area contributed by atoms with Crippen LogP contribution in [0.25, 0.3) is 0 Å². The number of benzene rings is 1. The normalized spacial score (nSPS) is 10.0. The SMILES string of the molecule is CCc1nnc(NCCOc2ccc(C#N)cc2)nc1CC. The molecule has 0 aliphatic rings. The second-order valence-electron chi connectivity index (χ2n) is 4.65. The number of rotatable bonds is 7. The lowest BCUT2D eigenvalue weighted by atomic mass is 10.2. The summed E-state index contributed by atoms with van der Waals surface area (Å²) >= 11 is 0. The maximum absolute atomic E-state index is 8.73. The Bertz CT molecular complexity index is 649. The van der Waals surface area contributed by atoms with Crippen molar-refractivity contribution in [3.63, 3.8) is 0 Å². The van der Waals surface area contributed by atoms with Gasteiger partial charge in [0, 0.05) is 0 Å². The predicted molar refractivity (Wildman–Crippen MR) is 83.7 cm³/mol. The zero-order valence-electron chi connectivity index (χ0n) is 12.8. The Morgan fingerprint density at radius 3 is 2.45 bits per heavy atom. The first-order chi connectivity index (χ1) is 10.8. The van der Waals surface area contributed by atoms with E-state index >= 15 is 0 Å². The third-order valence-electron chi connectivity index (χ3n) is 3.15. The third kappa shape index (κ3) is 4.16. The molecule has 0 aliphatic carbocycles. The highest BCUT2D eigenvalue weighted by Crippen LogP contribution is 2.11. The summed E-state index contributed by atoms with van der Waals surface area (Å²) in [6.45, 7) is 5.16. The maximum Gasteiger partial charge on any atom is 0.243 e. The molecule has 0 bridgehead atoms. The molecule has 0 saturated carbocycles. The number of aryl methyl sites for hydroxylation is 2. The summed E-state index contributed by atoms with van der Waals surface area (Å²) in [5.74, 6) is 1.26. The molecule has 1 heterocycles. The largest absolute Gasteiger partial charge is 0.492 e. The van der Waals surface area contributed by atoms with E-state index in [1.54, 1.807) is 24.3 Å². The monoisotopic (exact) mass is 297 g/mol. The van der Waals surface area contributed by atoms with Gasteiger partial charge in [-0.15, -0.1) is 5.10 Å². The number of anilines is 1. The summed E-state index contributed by atoms with van der Waals surface area (Å²) in [4.78, 5) is 4.45. The van der Waals surface area contributed by atoms with E-state index in [4.69, 9.17) is 10.00 Å². The quantitative estimate of drug-likeness (QED) is 0.790. The van der Waals surface area contributed by atoms with E-state index in [1.165, 1.54) is 0 Å². The van der Waals surface area contributed by atoms with Crippen molar-refractivity contribution in [2.75, 3.05) is 18.5 Å². The van der Waals surface area contributed by atoms with Crippen LogP contribution in [-0.4, -0.2) is 28.3 Å². The zero-order valence-corrected chi connectivity index (χ0v) is 12.8. The molecule has 0 spiro atoms. The van der Waals surface area contributed by atoms with Crippen LogP contribution in [-0.2, 0) is 12.8 Å². The highest BCUT2D eigenvalue weighted by molar-refractivity contribution is 5.34. The van der Waals surface area contributed by atoms with Gasteiger partial charge >= 0.3 is 0 Å². The molecule has 0 aliphatic heterocycles. The van der Waals surface area contributed by atoms with Gasteiger partial charge in [0.2, 0.25) is 5.95 Å². The summed E-state index contributed by atoms with van der Waals surface area (Å²) in [5, 5.41) is 20.1. The summed E-state index contributed by atoms with van der Waals surface area (Å²) in [6.07, 6.45) is 1.68. The van der Waals surface area contributed by atoms with Crippen LogP contribution in [0.5, 0.6) is 5.75 Å². The van der Waals surface area contributed by atoms with Gasteiger partial charge in [-0.05, 0) is 37.1 Å². The van der Waals surface area contributed by atoms with Gasteiger partial charge in [0.05, 0.1) is 29.6 Å². The van der Waals surface area contributed by atoms with Gasteiger partial charge in [0.25, 0.3) is 0 Å². The lowest BCUT2D eigenvalue weighted by molar-refractivity contribution is 0.332. The molecule has 114 valence electrons. The van der Waals surface area contributed by atoms with Crippen molar-refractivity contribution in [1.29, 1.82) is 5.26 Å². The van der Waals surface area contributed by atoms with Crippen LogP contribution < -0.4 is 10.1 Å². The van der Waals surface area contributed by atoms with Gasteiger partial charge in [-0.3, -0.25) is 0 Å². The average Bonchev–Trinajstić information content (AvgIpc) is 2.59. The summed E-state index contributed by atoms with van der Waals surface area (Å²) < 4.78 is 5.58. The molecule has 1 aromatic heterocycles. The van der Waals surface area contributed by atoms with E-state index < -0.39 is 0 Å². The van der Waals surface area contributed by atoms with Crippen LogP contribution in [0.15, 0.2) is 24.3 Å². The van der Waals surface area contributed by atoms with Crippen LogP contribution in [0.1, 0.15) is 30.8 Å². The van der Waals surface area contributed by atoms with Crippen LogP contribution >= 0.6 is 0 Å². The summed E-state index contributed by atoms with van der Waals surface area (Å²) in [6, 6.07) is 9.09. The van der Waals surface area contributed by atoms with E-state index in [0.717, 1.165) is 30.0 Å². The molecular formula is C16H19N5O. The Hall–Kier alpha value is -2.68. The van der Waals surface area contributed by atoms with Crippen molar-refractivity contribution in [1.82, 2.24) is 15.2 Å². The molecule has 1 N–H and O–H groups in total. The van der Waals surface area contributed by atoms with E-state index in [9.17, 15) is 0 Å². The lowest BCUT2D eigenvalue weighted by Gasteiger charge is -2.09. The Balaban J connectivity index is 1.82. The van der Waals surface area contributed by atoms with Gasteiger partial charge in [-0.25, -0.2) is 4.98 Å². The minimum atomic E-state index is 0.478. The van der Waals surface area contributed by atoms with Crippen LogP contribution in [0, 0.1) is 11.3 Å². The molecule has 22 heavy (non-hydrogen) atoms. The van der Waals surface area contributed by atoms with Gasteiger partial charge < -0.3 is 10.1 Å². The molecule has 0 amide bonds. The second kappa shape index (κ2) is 7.93. The standard InChI is InChI=1S/C16H19N5O/c1-3-14-15(4-2)20-21-16(19-14)18-9-10-22-13-7-5-12(11-17)6-8-13/h5-8H,3-4,9-10H2,1-2H3,(H,18,19,21). The van der Waals surface area contributed by atoms with Gasteiger partial charge in [0.15, 0.2) is 0 Å². The first kappa shape index (κ1) is 15.7. The number of aromatic nitrogens is 3. The van der Waals surface area contributed by atoms with E-state index in [1.807, 2.05) is 6.92 Å². The topological polar surface area (TPSA) is 83.7 Å². The molecule has 0 fully saturated rings. The van der Waals surface area contributed by atoms with Crippen molar-refractivity contribution in [2.24, 2.45) is 0 Å². The Labute approximate surface area is 130 Å². The molecule has 1 aromatic carbocycles. The Kier molecular flexibility index (Phi) is 5.66. The summed E-state index contributed by atoms with van der Waals surface area (Å²) in [7, 11) is 0. The first-order valence-corrected chi connectivity index (χ1v) is 7.36. The molecule has 0 saturated heterocycles. The fraction of sp³-hybridized carbons (Fsp3) is 0.375. The minimum Gasteiger partial charge on any atom is -0.492 e. The number of nitriles is 1. The molecule has 2 aromatic rings. The predicted octanol–water partition coefficient (Wildman–Crippen LogP) is 2.36. The van der Waals surface area contributed by atoms with Crippen molar-refractivity contribution in [2.45, 2.75) is 26.7 Å². The van der Waals surface area contributed by atoms with Crippen LogP contribution in [0.4, 0.5) is 5.95 Å². The molecule has 0 atom stereocenters.